The molecule has 0 saturated carbocycles. The SMILES string of the molecule is CCCCCCCCC(=O)NCCCC[C@H](NCC(=O)N[C@@H](CCC(=O)O)C(=O)O)C(=O)O. The quantitative estimate of drug-likeness (QED) is 0.135. The van der Waals surface area contributed by atoms with E-state index in [1.165, 1.54) is 19.3 Å². The summed E-state index contributed by atoms with van der Waals surface area (Å²) < 4.78 is 0. The Kier molecular flexibility index (Phi) is 17.3. The van der Waals surface area contributed by atoms with Gasteiger partial charge in [0.05, 0.1) is 6.54 Å². The second-order valence-electron chi connectivity index (χ2n) is 8.03. The summed E-state index contributed by atoms with van der Waals surface area (Å²) in [5.41, 5.74) is 0. The molecule has 0 aliphatic heterocycles. The Balaban J connectivity index is 4.09. The maximum atomic E-state index is 11.9. The molecule has 0 aliphatic rings. The number of hydrogen-bond acceptors (Lipinski definition) is 6. The van der Waals surface area contributed by atoms with Crippen LogP contribution >= 0.6 is 0 Å². The third-order valence-electron chi connectivity index (χ3n) is 5.09. The monoisotopic (exact) mass is 473 g/mol. The second kappa shape index (κ2) is 18.8. The van der Waals surface area contributed by atoms with Gasteiger partial charge in [-0.15, -0.1) is 0 Å². The van der Waals surface area contributed by atoms with E-state index in [-0.39, 0.29) is 18.7 Å². The molecule has 6 N–H and O–H groups in total. The molecule has 0 rings (SSSR count). The van der Waals surface area contributed by atoms with Gasteiger partial charge >= 0.3 is 17.9 Å². The molecule has 0 fully saturated rings. The van der Waals surface area contributed by atoms with E-state index in [0.717, 1.165) is 19.3 Å². The highest BCUT2D eigenvalue weighted by Crippen LogP contribution is 2.07. The lowest BCUT2D eigenvalue weighted by Gasteiger charge is -2.17. The van der Waals surface area contributed by atoms with Crippen LogP contribution in [0.5, 0.6) is 0 Å². The van der Waals surface area contributed by atoms with Gasteiger partial charge in [-0.3, -0.25) is 24.5 Å². The third kappa shape index (κ3) is 17.5. The molecule has 0 heterocycles. The molecule has 0 aromatic carbocycles. The topological polar surface area (TPSA) is 182 Å². The van der Waals surface area contributed by atoms with Crippen molar-refractivity contribution in [2.45, 2.75) is 96.1 Å². The molecule has 190 valence electrons. The first-order valence-corrected chi connectivity index (χ1v) is 11.6. The van der Waals surface area contributed by atoms with Crippen LogP contribution in [0.3, 0.4) is 0 Å². The molecule has 33 heavy (non-hydrogen) atoms. The van der Waals surface area contributed by atoms with Crippen LogP contribution in [0, 0.1) is 0 Å². The average molecular weight is 474 g/mol. The molecule has 0 aliphatic carbocycles. The Hall–Kier alpha value is -2.69. The first kappa shape index (κ1) is 30.3. The number of nitrogens with one attached hydrogen (secondary N) is 3. The zero-order valence-electron chi connectivity index (χ0n) is 19.4. The maximum Gasteiger partial charge on any atom is 0.326 e. The molecular formula is C22H39N3O8. The molecule has 11 heteroatoms. The second-order valence-corrected chi connectivity index (χ2v) is 8.03. The predicted octanol–water partition coefficient (Wildman–Crippen LogP) is 1.50. The number of rotatable bonds is 21. The molecule has 0 radical (unpaired) electrons. The Labute approximate surface area is 194 Å². The van der Waals surface area contributed by atoms with Crippen LogP contribution in [-0.2, 0) is 24.0 Å². The molecule has 0 spiro atoms. The molecule has 0 saturated heterocycles. The summed E-state index contributed by atoms with van der Waals surface area (Å²) in [6.45, 7) is 2.19. The van der Waals surface area contributed by atoms with Crippen LogP contribution in [0.2, 0.25) is 0 Å². The molecule has 0 unspecified atom stereocenters. The fraction of sp³-hybridized carbons (Fsp3) is 0.773. The van der Waals surface area contributed by atoms with Crippen LogP contribution in [0.4, 0.5) is 0 Å². The van der Waals surface area contributed by atoms with Gasteiger partial charge in [-0.05, 0) is 32.1 Å². The minimum Gasteiger partial charge on any atom is -0.481 e. The largest absolute Gasteiger partial charge is 0.481 e. The lowest BCUT2D eigenvalue weighted by atomic mass is 10.1. The number of aliphatic carboxylic acids is 3. The van der Waals surface area contributed by atoms with Crippen molar-refractivity contribution >= 4 is 29.7 Å². The van der Waals surface area contributed by atoms with Crippen molar-refractivity contribution < 1.29 is 39.3 Å². The van der Waals surface area contributed by atoms with Crippen molar-refractivity contribution in [2.75, 3.05) is 13.1 Å². The number of hydrogen-bond donors (Lipinski definition) is 6. The number of carboxylic acid groups (broad SMARTS) is 3. The van der Waals surface area contributed by atoms with Crippen LogP contribution in [0.15, 0.2) is 0 Å². The summed E-state index contributed by atoms with van der Waals surface area (Å²) in [4.78, 5) is 56.8. The minimum atomic E-state index is -1.36. The summed E-state index contributed by atoms with van der Waals surface area (Å²) in [7, 11) is 0. The number of carboxylic acids is 3. The summed E-state index contributed by atoms with van der Waals surface area (Å²) in [6, 6.07) is -2.37. The minimum absolute atomic E-state index is 0.00838. The molecule has 0 bridgehead atoms. The van der Waals surface area contributed by atoms with Gasteiger partial charge in [0.25, 0.3) is 0 Å². The van der Waals surface area contributed by atoms with Crippen molar-refractivity contribution in [1.29, 1.82) is 0 Å². The van der Waals surface area contributed by atoms with Crippen LogP contribution in [-0.4, -0.2) is 70.2 Å². The smallest absolute Gasteiger partial charge is 0.326 e. The summed E-state index contributed by atoms with van der Waals surface area (Å²) in [5, 5.41) is 34.5. The van der Waals surface area contributed by atoms with Crippen LogP contribution in [0.25, 0.3) is 0 Å². The van der Waals surface area contributed by atoms with Gasteiger partial charge < -0.3 is 26.0 Å². The van der Waals surface area contributed by atoms with Crippen molar-refractivity contribution in [3.63, 3.8) is 0 Å². The van der Waals surface area contributed by atoms with E-state index in [9.17, 15) is 29.1 Å². The van der Waals surface area contributed by atoms with E-state index >= 15 is 0 Å². The Morgan fingerprint density at radius 2 is 1.33 bits per heavy atom. The molecule has 0 aromatic rings. The van der Waals surface area contributed by atoms with Crippen molar-refractivity contribution in [1.82, 2.24) is 16.0 Å². The van der Waals surface area contributed by atoms with E-state index in [1.54, 1.807) is 0 Å². The third-order valence-corrected chi connectivity index (χ3v) is 5.09. The van der Waals surface area contributed by atoms with Crippen molar-refractivity contribution in [3.8, 4) is 0 Å². The summed E-state index contributed by atoms with van der Waals surface area (Å²) >= 11 is 0. The van der Waals surface area contributed by atoms with Crippen molar-refractivity contribution in [2.24, 2.45) is 0 Å². The van der Waals surface area contributed by atoms with E-state index in [1.807, 2.05) is 0 Å². The molecular weight excluding hydrogens is 434 g/mol. The first-order chi connectivity index (χ1) is 15.7. The predicted molar refractivity (Wildman–Crippen MR) is 121 cm³/mol. The number of unbranched alkanes of at least 4 members (excludes halogenated alkanes) is 6. The molecule has 0 aromatic heterocycles. The van der Waals surface area contributed by atoms with Gasteiger partial charge in [-0.2, -0.15) is 0 Å². The van der Waals surface area contributed by atoms with E-state index < -0.39 is 48.9 Å². The Bertz CT molecular complexity index is 627. The van der Waals surface area contributed by atoms with Gasteiger partial charge in [0.15, 0.2) is 0 Å². The highest BCUT2D eigenvalue weighted by molar-refractivity contribution is 5.85. The van der Waals surface area contributed by atoms with E-state index in [4.69, 9.17) is 10.2 Å². The summed E-state index contributed by atoms with van der Waals surface area (Å²) in [6.07, 6.45) is 7.79. The number of carbonyl (C=O) groups is 5. The maximum absolute atomic E-state index is 11.9. The highest BCUT2D eigenvalue weighted by Gasteiger charge is 2.22. The standard InChI is InChI=1S/C22H39N3O8/c1-2-3-4-5-6-7-11-18(26)23-14-9-8-10-16(21(30)31)24-15-19(27)25-17(22(32)33)12-13-20(28)29/h16-17,24H,2-15H2,1H3,(H,23,26)(H,25,27)(H,28,29)(H,30,31)(H,32,33)/t16-,17-/m0/s1. The van der Waals surface area contributed by atoms with Crippen LogP contribution < -0.4 is 16.0 Å². The lowest BCUT2D eigenvalue weighted by molar-refractivity contribution is -0.143. The van der Waals surface area contributed by atoms with Crippen LogP contribution in [0.1, 0.15) is 84.0 Å². The van der Waals surface area contributed by atoms with Gasteiger partial charge in [0.2, 0.25) is 11.8 Å². The number of carbonyl (C=O) groups excluding carboxylic acids is 2. The highest BCUT2D eigenvalue weighted by atomic mass is 16.4. The fourth-order valence-corrected chi connectivity index (χ4v) is 3.15. The van der Waals surface area contributed by atoms with Gasteiger partial charge in [0, 0.05) is 19.4 Å². The number of amides is 2. The first-order valence-electron chi connectivity index (χ1n) is 11.6. The van der Waals surface area contributed by atoms with E-state index in [0.29, 0.717) is 25.8 Å². The van der Waals surface area contributed by atoms with Gasteiger partial charge in [-0.25, -0.2) is 4.79 Å². The van der Waals surface area contributed by atoms with Gasteiger partial charge in [-0.1, -0.05) is 39.0 Å². The normalized spacial score (nSPS) is 12.5. The van der Waals surface area contributed by atoms with Gasteiger partial charge in [0.1, 0.15) is 12.1 Å². The fourth-order valence-electron chi connectivity index (χ4n) is 3.15. The summed E-state index contributed by atoms with van der Waals surface area (Å²) in [5.74, 6) is -4.43. The zero-order chi connectivity index (χ0) is 25.1. The average Bonchev–Trinajstić information content (AvgIpc) is 2.74. The lowest BCUT2D eigenvalue weighted by Crippen LogP contribution is -2.48. The van der Waals surface area contributed by atoms with Crippen molar-refractivity contribution in [3.05, 3.63) is 0 Å². The molecule has 11 nitrogen and oxygen atoms in total. The zero-order valence-corrected chi connectivity index (χ0v) is 19.4. The molecule has 2 atom stereocenters. The Morgan fingerprint density at radius 3 is 1.94 bits per heavy atom. The van der Waals surface area contributed by atoms with E-state index in [2.05, 4.69) is 22.9 Å². The Morgan fingerprint density at radius 1 is 0.697 bits per heavy atom. The molecule has 2 amide bonds.